The molecule has 0 spiro atoms. The van der Waals surface area contributed by atoms with Gasteiger partial charge in [-0.3, -0.25) is 4.57 Å². The van der Waals surface area contributed by atoms with E-state index in [0.717, 1.165) is 28.5 Å². The lowest BCUT2D eigenvalue weighted by molar-refractivity contribution is 0.528. The number of fused-ring (bicyclic) bond motifs is 3. The molecular formula is C18H22N5+. The Labute approximate surface area is 140 Å². The van der Waals surface area contributed by atoms with Gasteiger partial charge >= 0.3 is 5.95 Å². The molecule has 3 aromatic rings. The summed E-state index contributed by atoms with van der Waals surface area (Å²) in [5, 5.41) is 0. The Morgan fingerprint density at radius 2 is 1.91 bits per heavy atom. The van der Waals surface area contributed by atoms with Gasteiger partial charge in [0.2, 0.25) is 5.82 Å². The summed E-state index contributed by atoms with van der Waals surface area (Å²) < 4.78 is 29.2. The van der Waals surface area contributed by atoms with Crippen molar-refractivity contribution in [2.24, 2.45) is 7.05 Å². The van der Waals surface area contributed by atoms with Crippen LogP contribution in [0.1, 0.15) is 36.4 Å². The normalized spacial score (nSPS) is 18.9. The second kappa shape index (κ2) is 4.31. The molecule has 23 heavy (non-hydrogen) atoms. The van der Waals surface area contributed by atoms with E-state index < -0.39 is 6.85 Å². The smallest absolute Gasteiger partial charge is 0.265 e. The van der Waals surface area contributed by atoms with Gasteiger partial charge in [-0.1, -0.05) is 12.1 Å². The van der Waals surface area contributed by atoms with Gasteiger partial charge in [-0.15, -0.1) is 4.98 Å². The third-order valence-corrected chi connectivity index (χ3v) is 4.97. The molecule has 0 fully saturated rings. The molecule has 0 N–H and O–H groups in total. The molecule has 0 unspecified atom stereocenters. The minimum absolute atomic E-state index is 0.0881. The zero-order valence-electron chi connectivity index (χ0n) is 17.0. The summed E-state index contributed by atoms with van der Waals surface area (Å²) in [6.45, 7) is 5.94. The average molecular weight is 311 g/mol. The Morgan fingerprint density at radius 3 is 2.61 bits per heavy atom. The molecule has 5 heteroatoms. The van der Waals surface area contributed by atoms with Crippen LogP contribution in [0.15, 0.2) is 24.3 Å². The van der Waals surface area contributed by atoms with Gasteiger partial charge in [0.15, 0.2) is 5.52 Å². The summed E-state index contributed by atoms with van der Waals surface area (Å²) in [6, 6.07) is 8.04. The highest BCUT2D eigenvalue weighted by Crippen LogP contribution is 2.39. The molecule has 118 valence electrons. The van der Waals surface area contributed by atoms with Crippen LogP contribution in [0.3, 0.4) is 0 Å². The van der Waals surface area contributed by atoms with Crippen LogP contribution >= 0.6 is 0 Å². The van der Waals surface area contributed by atoms with Crippen LogP contribution in [-0.2, 0) is 12.6 Å². The lowest BCUT2D eigenvalue weighted by Crippen LogP contribution is -2.32. The van der Waals surface area contributed by atoms with Gasteiger partial charge in [-0.25, -0.2) is 9.55 Å². The van der Waals surface area contributed by atoms with Crippen LogP contribution < -0.4 is 4.58 Å². The molecule has 1 aromatic carbocycles. The fraction of sp³-hybridized carbons (Fsp3) is 0.389. The second-order valence-corrected chi connectivity index (χ2v) is 6.62. The lowest BCUT2D eigenvalue weighted by atomic mass is 9.99. The molecule has 0 atom stereocenters. The van der Waals surface area contributed by atoms with Crippen molar-refractivity contribution in [3.05, 3.63) is 35.8 Å². The van der Waals surface area contributed by atoms with Crippen LogP contribution in [0.4, 0.5) is 11.8 Å². The maximum absolute atomic E-state index is 7.76. The summed E-state index contributed by atoms with van der Waals surface area (Å²) in [4.78, 5) is 9.18. The zero-order chi connectivity index (χ0) is 19.0. The first kappa shape index (κ1) is 11.2. The number of rotatable bonds is 1. The molecule has 0 radical (unpaired) electrons. The van der Waals surface area contributed by atoms with Crippen LogP contribution in [0.5, 0.6) is 0 Å². The molecule has 4 rings (SSSR count). The second-order valence-electron chi connectivity index (χ2n) is 6.62. The van der Waals surface area contributed by atoms with Gasteiger partial charge in [-0.2, -0.15) is 4.58 Å². The third kappa shape index (κ3) is 1.65. The molecule has 2 aromatic heterocycles. The van der Waals surface area contributed by atoms with E-state index in [2.05, 4.69) is 36.4 Å². The maximum Gasteiger partial charge on any atom is 0.360 e. The molecule has 0 amide bonds. The fourth-order valence-corrected chi connectivity index (χ4v) is 3.49. The summed E-state index contributed by atoms with van der Waals surface area (Å²) in [7, 11) is 1.75. The van der Waals surface area contributed by atoms with Gasteiger partial charge in [0.05, 0.1) is 5.71 Å². The van der Waals surface area contributed by atoms with E-state index in [0.29, 0.717) is 5.69 Å². The van der Waals surface area contributed by atoms with Crippen LogP contribution in [-0.4, -0.2) is 24.8 Å². The Kier molecular flexibility index (Phi) is 2.09. The predicted molar refractivity (Wildman–Crippen MR) is 93.9 cm³/mol. The molecule has 0 aliphatic carbocycles. The van der Waals surface area contributed by atoms with Gasteiger partial charge in [-0.05, 0) is 39.8 Å². The highest BCUT2D eigenvalue weighted by molar-refractivity contribution is 5.99. The topological polar surface area (TPSA) is 38.6 Å². The van der Waals surface area contributed by atoms with E-state index in [9.17, 15) is 0 Å². The van der Waals surface area contributed by atoms with E-state index in [1.165, 1.54) is 0 Å². The standard InChI is InChI=1S/C18H22N5/c1-11-16(21(6)13(3)19-11)22-12(2)18(4,5)23-15-10-8-7-9-14(15)20-17(22)23/h7-10H,1-6H3/q+1/i3D3. The highest BCUT2D eigenvalue weighted by Gasteiger charge is 2.45. The minimum atomic E-state index is -2.26. The molecule has 3 heterocycles. The molecule has 0 saturated carbocycles. The first-order valence-electron chi connectivity index (χ1n) is 9.21. The molecular weight excluding hydrogens is 286 g/mol. The molecule has 1 aliphatic heterocycles. The van der Waals surface area contributed by atoms with Crippen molar-refractivity contribution in [1.82, 2.24) is 23.7 Å². The number of hydrogen-bond donors (Lipinski definition) is 0. The van der Waals surface area contributed by atoms with Crippen molar-refractivity contribution in [1.29, 1.82) is 0 Å². The highest BCUT2D eigenvalue weighted by atomic mass is 15.4. The van der Waals surface area contributed by atoms with E-state index >= 15 is 0 Å². The SMILES string of the molecule is [2H]C([2H])([2H])c1nc(C)c([N+]2=C(C)C(C)(C)n3c2nc2ccccc23)n1C. The van der Waals surface area contributed by atoms with Crippen molar-refractivity contribution in [3.63, 3.8) is 0 Å². The summed E-state index contributed by atoms with van der Waals surface area (Å²) in [6.07, 6.45) is 0. The van der Waals surface area contributed by atoms with E-state index in [-0.39, 0.29) is 11.4 Å². The van der Waals surface area contributed by atoms with E-state index in [1.807, 2.05) is 29.7 Å². The number of aromatic nitrogens is 4. The van der Waals surface area contributed by atoms with Crippen molar-refractivity contribution in [2.75, 3.05) is 0 Å². The average Bonchev–Trinajstić information content (AvgIpc) is 3.12. The maximum atomic E-state index is 7.76. The largest absolute Gasteiger partial charge is 0.360 e. The number of aryl methyl sites for hydroxylation is 2. The zero-order valence-corrected chi connectivity index (χ0v) is 14.0. The monoisotopic (exact) mass is 311 g/mol. The Bertz CT molecular complexity index is 1080. The van der Waals surface area contributed by atoms with E-state index in [1.54, 1.807) is 11.6 Å². The van der Waals surface area contributed by atoms with E-state index in [4.69, 9.17) is 9.10 Å². The number of para-hydroxylation sites is 2. The van der Waals surface area contributed by atoms with Gasteiger partial charge in [0.25, 0.3) is 0 Å². The fourth-order valence-electron chi connectivity index (χ4n) is 3.49. The first-order valence-corrected chi connectivity index (χ1v) is 7.71. The molecule has 1 aliphatic rings. The lowest BCUT2D eigenvalue weighted by Gasteiger charge is -2.18. The number of benzene rings is 1. The van der Waals surface area contributed by atoms with Gasteiger partial charge in [0.1, 0.15) is 22.6 Å². The Hall–Kier alpha value is -2.43. The third-order valence-electron chi connectivity index (χ3n) is 4.97. The Morgan fingerprint density at radius 1 is 1.17 bits per heavy atom. The van der Waals surface area contributed by atoms with Crippen molar-refractivity contribution in [2.45, 2.75) is 40.1 Å². The Balaban J connectivity index is 2.06. The van der Waals surface area contributed by atoms with Crippen molar-refractivity contribution in [3.8, 4) is 0 Å². The minimum Gasteiger partial charge on any atom is -0.265 e. The predicted octanol–water partition coefficient (Wildman–Crippen LogP) is 3.43. The summed E-state index contributed by atoms with van der Waals surface area (Å²) >= 11 is 0. The molecule has 0 bridgehead atoms. The van der Waals surface area contributed by atoms with Gasteiger partial charge in [0, 0.05) is 18.0 Å². The van der Waals surface area contributed by atoms with Crippen molar-refractivity contribution < 1.29 is 4.11 Å². The van der Waals surface area contributed by atoms with Gasteiger partial charge < -0.3 is 0 Å². The summed E-state index contributed by atoms with van der Waals surface area (Å²) in [5.41, 5.74) is 3.44. The summed E-state index contributed by atoms with van der Waals surface area (Å²) in [5.74, 6) is 1.62. The molecule has 0 saturated heterocycles. The van der Waals surface area contributed by atoms with Crippen molar-refractivity contribution >= 4 is 28.5 Å². The first-order chi connectivity index (χ1) is 12.0. The quantitative estimate of drug-likeness (QED) is 0.646. The number of nitrogens with zero attached hydrogens (tertiary/aromatic N) is 5. The number of hydrogen-bond acceptors (Lipinski definition) is 2. The molecule has 5 nitrogen and oxygen atoms in total. The van der Waals surface area contributed by atoms with Crippen LogP contribution in [0, 0.1) is 13.8 Å². The van der Waals surface area contributed by atoms with Crippen LogP contribution in [0.2, 0.25) is 0 Å². The number of imidazole rings is 2. The van der Waals surface area contributed by atoms with Crippen LogP contribution in [0.25, 0.3) is 11.0 Å².